The van der Waals surface area contributed by atoms with Crippen molar-refractivity contribution in [3.8, 4) is 0 Å². The predicted octanol–water partition coefficient (Wildman–Crippen LogP) is 18.5. The SMILES string of the molecule is CCCCCCCCCCCCCCCCCCCCCC(=O)O[C@@H](COC(=O)CCCCCCCCCCCCCCC(C)C)COC(=O)CCCCCCCCCCC(C)C. The molecule has 0 unspecified atom stereocenters. The van der Waals surface area contributed by atoms with Crippen LogP contribution in [0.15, 0.2) is 0 Å². The highest BCUT2D eigenvalue weighted by molar-refractivity contribution is 5.71. The van der Waals surface area contributed by atoms with Crippen molar-refractivity contribution in [2.45, 2.75) is 323 Å². The zero-order valence-corrected chi connectivity index (χ0v) is 43.2. The standard InChI is InChI=1S/C57H110O6/c1-6-7-8-9-10-11-12-13-14-15-16-17-18-19-24-27-34-39-44-49-57(60)63-54(51-62-56(59)48-43-38-33-29-28-31-36-41-46-53(4)5)50-61-55(58)47-42-37-32-26-23-21-20-22-25-30-35-40-45-52(2)3/h52-54H,6-51H2,1-5H3/t54-/m0/s1. The number of unbranched alkanes of at least 4 members (excludes halogenated alkanes) is 36. The number of ether oxygens (including phenoxy) is 3. The van der Waals surface area contributed by atoms with Crippen LogP contribution in [0.1, 0.15) is 317 Å². The lowest BCUT2D eigenvalue weighted by atomic mass is 10.0. The Balaban J connectivity index is 4.26. The van der Waals surface area contributed by atoms with Crippen LogP contribution >= 0.6 is 0 Å². The second-order valence-corrected chi connectivity index (χ2v) is 20.5. The van der Waals surface area contributed by atoms with E-state index in [0.29, 0.717) is 19.3 Å². The van der Waals surface area contributed by atoms with Crippen molar-refractivity contribution in [3.63, 3.8) is 0 Å². The third-order valence-electron chi connectivity index (χ3n) is 13.0. The Hall–Kier alpha value is -1.59. The summed E-state index contributed by atoms with van der Waals surface area (Å²) in [4.78, 5) is 38.1. The van der Waals surface area contributed by atoms with Gasteiger partial charge in [0.2, 0.25) is 0 Å². The van der Waals surface area contributed by atoms with E-state index in [2.05, 4.69) is 34.6 Å². The first-order valence-corrected chi connectivity index (χ1v) is 28.2. The van der Waals surface area contributed by atoms with Gasteiger partial charge in [-0.25, -0.2) is 0 Å². The van der Waals surface area contributed by atoms with Gasteiger partial charge in [-0.15, -0.1) is 0 Å². The minimum absolute atomic E-state index is 0.0636. The number of esters is 3. The van der Waals surface area contributed by atoms with Crippen molar-refractivity contribution in [3.05, 3.63) is 0 Å². The molecule has 0 radical (unpaired) electrons. The summed E-state index contributed by atoms with van der Waals surface area (Å²) in [5, 5.41) is 0. The molecule has 0 fully saturated rings. The fourth-order valence-corrected chi connectivity index (χ4v) is 8.70. The molecular weight excluding hydrogens is 781 g/mol. The van der Waals surface area contributed by atoms with E-state index >= 15 is 0 Å². The van der Waals surface area contributed by atoms with Crippen molar-refractivity contribution in [2.75, 3.05) is 13.2 Å². The molecule has 6 nitrogen and oxygen atoms in total. The first kappa shape index (κ1) is 61.4. The zero-order chi connectivity index (χ0) is 46.1. The summed E-state index contributed by atoms with van der Waals surface area (Å²) in [5.74, 6) is 0.786. The highest BCUT2D eigenvalue weighted by atomic mass is 16.6. The summed E-state index contributed by atoms with van der Waals surface area (Å²) < 4.78 is 16.9. The van der Waals surface area contributed by atoms with E-state index in [1.54, 1.807) is 0 Å². The van der Waals surface area contributed by atoms with Crippen LogP contribution in [0.3, 0.4) is 0 Å². The number of hydrogen-bond acceptors (Lipinski definition) is 6. The second kappa shape index (κ2) is 49.8. The minimum Gasteiger partial charge on any atom is -0.462 e. The highest BCUT2D eigenvalue weighted by Gasteiger charge is 2.19. The van der Waals surface area contributed by atoms with E-state index in [0.717, 1.165) is 69.6 Å². The van der Waals surface area contributed by atoms with E-state index in [4.69, 9.17) is 14.2 Å². The molecule has 0 bridgehead atoms. The zero-order valence-electron chi connectivity index (χ0n) is 43.2. The summed E-state index contributed by atoms with van der Waals surface area (Å²) in [7, 11) is 0. The molecule has 0 spiro atoms. The normalized spacial score (nSPS) is 12.0. The summed E-state index contributed by atoms with van der Waals surface area (Å²) in [6.07, 6.45) is 52.4. The largest absolute Gasteiger partial charge is 0.462 e. The van der Waals surface area contributed by atoms with Crippen LogP contribution in [0.25, 0.3) is 0 Å². The Bertz CT molecular complexity index is 962. The summed E-state index contributed by atoms with van der Waals surface area (Å²) >= 11 is 0. The highest BCUT2D eigenvalue weighted by Crippen LogP contribution is 2.18. The van der Waals surface area contributed by atoms with Gasteiger partial charge < -0.3 is 14.2 Å². The molecule has 6 heteroatoms. The van der Waals surface area contributed by atoms with Gasteiger partial charge in [0.25, 0.3) is 0 Å². The quantitative estimate of drug-likeness (QED) is 0.0344. The van der Waals surface area contributed by atoms with Crippen LogP contribution in [0.4, 0.5) is 0 Å². The van der Waals surface area contributed by atoms with Crippen LogP contribution in [0.2, 0.25) is 0 Å². The molecule has 0 saturated heterocycles. The van der Waals surface area contributed by atoms with Gasteiger partial charge in [-0.1, -0.05) is 279 Å². The maximum absolute atomic E-state index is 12.8. The van der Waals surface area contributed by atoms with Crippen LogP contribution in [0.5, 0.6) is 0 Å². The van der Waals surface area contributed by atoms with Gasteiger partial charge in [0.1, 0.15) is 13.2 Å². The maximum atomic E-state index is 12.8. The molecule has 0 aliphatic rings. The molecular formula is C57H110O6. The van der Waals surface area contributed by atoms with Crippen molar-refractivity contribution < 1.29 is 28.6 Å². The monoisotopic (exact) mass is 891 g/mol. The summed E-state index contributed by atoms with van der Waals surface area (Å²) in [6, 6.07) is 0. The van der Waals surface area contributed by atoms with Crippen LogP contribution < -0.4 is 0 Å². The molecule has 0 aromatic heterocycles. The molecule has 0 aromatic carbocycles. The Labute approximate surface area is 393 Å². The average Bonchev–Trinajstić information content (AvgIpc) is 3.25. The summed E-state index contributed by atoms with van der Waals surface area (Å²) in [6.45, 7) is 11.4. The van der Waals surface area contributed by atoms with Crippen molar-refractivity contribution in [1.29, 1.82) is 0 Å². The van der Waals surface area contributed by atoms with E-state index in [-0.39, 0.29) is 31.1 Å². The van der Waals surface area contributed by atoms with E-state index in [1.165, 1.54) is 205 Å². The Morgan fingerprint density at radius 3 is 0.778 bits per heavy atom. The first-order valence-electron chi connectivity index (χ1n) is 28.2. The molecule has 0 heterocycles. The molecule has 63 heavy (non-hydrogen) atoms. The van der Waals surface area contributed by atoms with Gasteiger partial charge in [0, 0.05) is 19.3 Å². The molecule has 374 valence electrons. The van der Waals surface area contributed by atoms with Crippen LogP contribution in [0, 0.1) is 11.8 Å². The lowest BCUT2D eigenvalue weighted by Crippen LogP contribution is -2.30. The third kappa shape index (κ3) is 51.3. The van der Waals surface area contributed by atoms with Gasteiger partial charge >= 0.3 is 17.9 Å². The molecule has 0 aliphatic carbocycles. The predicted molar refractivity (Wildman–Crippen MR) is 270 cm³/mol. The summed E-state index contributed by atoms with van der Waals surface area (Å²) in [5.41, 5.74) is 0. The van der Waals surface area contributed by atoms with E-state index in [1.807, 2.05) is 0 Å². The van der Waals surface area contributed by atoms with Crippen molar-refractivity contribution in [1.82, 2.24) is 0 Å². The molecule has 1 atom stereocenters. The van der Waals surface area contributed by atoms with Crippen LogP contribution in [-0.2, 0) is 28.6 Å². The Morgan fingerprint density at radius 1 is 0.302 bits per heavy atom. The molecule has 0 rings (SSSR count). The average molecular weight is 892 g/mol. The molecule has 0 aliphatic heterocycles. The number of rotatable bonds is 51. The van der Waals surface area contributed by atoms with Gasteiger partial charge in [-0.2, -0.15) is 0 Å². The first-order chi connectivity index (χ1) is 30.7. The lowest BCUT2D eigenvalue weighted by molar-refractivity contribution is -0.167. The van der Waals surface area contributed by atoms with Gasteiger partial charge in [0.05, 0.1) is 0 Å². The number of carbonyl (C=O) groups excluding carboxylic acids is 3. The lowest BCUT2D eigenvalue weighted by Gasteiger charge is -2.18. The second-order valence-electron chi connectivity index (χ2n) is 20.5. The fraction of sp³-hybridized carbons (Fsp3) is 0.947. The van der Waals surface area contributed by atoms with Gasteiger partial charge in [-0.05, 0) is 31.1 Å². The van der Waals surface area contributed by atoms with E-state index < -0.39 is 6.10 Å². The van der Waals surface area contributed by atoms with Crippen molar-refractivity contribution >= 4 is 17.9 Å². The Kier molecular flexibility index (Phi) is 48.6. The molecule has 0 saturated carbocycles. The topological polar surface area (TPSA) is 78.9 Å². The maximum Gasteiger partial charge on any atom is 0.306 e. The third-order valence-corrected chi connectivity index (χ3v) is 13.0. The molecule has 0 aromatic rings. The van der Waals surface area contributed by atoms with Crippen molar-refractivity contribution in [2.24, 2.45) is 11.8 Å². The fourth-order valence-electron chi connectivity index (χ4n) is 8.70. The Morgan fingerprint density at radius 2 is 0.524 bits per heavy atom. The van der Waals surface area contributed by atoms with Gasteiger partial charge in [-0.3, -0.25) is 14.4 Å². The van der Waals surface area contributed by atoms with E-state index in [9.17, 15) is 14.4 Å². The number of carbonyl (C=O) groups is 3. The molecule has 0 amide bonds. The van der Waals surface area contributed by atoms with Crippen LogP contribution in [-0.4, -0.2) is 37.2 Å². The number of hydrogen-bond donors (Lipinski definition) is 0. The molecule has 0 N–H and O–H groups in total. The smallest absolute Gasteiger partial charge is 0.306 e. The van der Waals surface area contributed by atoms with Gasteiger partial charge in [0.15, 0.2) is 6.10 Å². The minimum atomic E-state index is -0.763.